The van der Waals surface area contributed by atoms with E-state index in [9.17, 15) is 0 Å². The van der Waals surface area contributed by atoms with Gasteiger partial charge in [0.25, 0.3) is 0 Å². The summed E-state index contributed by atoms with van der Waals surface area (Å²) in [5, 5.41) is 0. The average molecular weight is 229 g/mol. The average Bonchev–Trinajstić information content (AvgIpc) is 2.32. The van der Waals surface area contributed by atoms with Crippen molar-refractivity contribution < 1.29 is 0 Å². The van der Waals surface area contributed by atoms with E-state index in [-0.39, 0.29) is 0 Å². The minimum atomic E-state index is 0.804. The quantitative estimate of drug-likeness (QED) is 0.635. The zero-order valence-electron chi connectivity index (χ0n) is 10.1. The molecule has 0 amide bonds. The van der Waals surface area contributed by atoms with Gasteiger partial charge in [-0.2, -0.15) is 0 Å². The standard InChI is InChI=1S/C14H19N3/c1-3-7-16-9-10-17(8-4-2)14-11-12(15)5-6-13(14)16/h3-6,11H,1-2,7-10,15H2. The lowest BCUT2D eigenvalue weighted by Gasteiger charge is -2.38. The summed E-state index contributed by atoms with van der Waals surface area (Å²) >= 11 is 0. The van der Waals surface area contributed by atoms with Crippen LogP contribution < -0.4 is 15.5 Å². The lowest BCUT2D eigenvalue weighted by Crippen LogP contribution is -2.41. The number of hydrogen-bond donors (Lipinski definition) is 1. The summed E-state index contributed by atoms with van der Waals surface area (Å²) < 4.78 is 0. The molecule has 3 heteroatoms. The van der Waals surface area contributed by atoms with Crippen LogP contribution in [0.3, 0.4) is 0 Å². The van der Waals surface area contributed by atoms with Gasteiger partial charge in [0.2, 0.25) is 0 Å². The fourth-order valence-corrected chi connectivity index (χ4v) is 2.23. The number of nitrogens with two attached hydrogens (primary N) is 1. The molecule has 0 radical (unpaired) electrons. The van der Waals surface area contributed by atoms with Gasteiger partial charge in [0.05, 0.1) is 11.4 Å². The maximum Gasteiger partial charge on any atom is 0.0628 e. The maximum absolute atomic E-state index is 5.87. The molecule has 1 aliphatic rings. The highest BCUT2D eigenvalue weighted by molar-refractivity contribution is 5.77. The smallest absolute Gasteiger partial charge is 0.0628 e. The molecule has 0 atom stereocenters. The molecule has 0 spiro atoms. The number of nitrogens with zero attached hydrogens (tertiary/aromatic N) is 2. The first kappa shape index (κ1) is 11.6. The second-order valence-corrected chi connectivity index (χ2v) is 4.22. The molecule has 0 unspecified atom stereocenters. The molecule has 1 aromatic rings. The van der Waals surface area contributed by atoms with Crippen molar-refractivity contribution in [1.82, 2.24) is 0 Å². The third-order valence-electron chi connectivity index (χ3n) is 3.02. The SMILES string of the molecule is C=CCN1CCN(CC=C)c2cc(N)ccc21. The second-order valence-electron chi connectivity index (χ2n) is 4.22. The summed E-state index contributed by atoms with van der Waals surface area (Å²) in [6.07, 6.45) is 3.86. The van der Waals surface area contributed by atoms with Crippen LogP contribution in [0.25, 0.3) is 0 Å². The van der Waals surface area contributed by atoms with Gasteiger partial charge in [-0.25, -0.2) is 0 Å². The first-order chi connectivity index (χ1) is 8.26. The van der Waals surface area contributed by atoms with Crippen LogP contribution in [0.4, 0.5) is 17.1 Å². The summed E-state index contributed by atoms with van der Waals surface area (Å²) in [5.74, 6) is 0. The van der Waals surface area contributed by atoms with Gasteiger partial charge in [-0.15, -0.1) is 13.2 Å². The van der Waals surface area contributed by atoms with Gasteiger partial charge in [-0.3, -0.25) is 0 Å². The Morgan fingerprint density at radius 1 is 1.06 bits per heavy atom. The largest absolute Gasteiger partial charge is 0.399 e. The highest BCUT2D eigenvalue weighted by Gasteiger charge is 2.20. The van der Waals surface area contributed by atoms with E-state index in [0.29, 0.717) is 0 Å². The maximum atomic E-state index is 5.87. The molecule has 2 N–H and O–H groups in total. The summed E-state index contributed by atoms with van der Waals surface area (Å²) in [7, 11) is 0. The van der Waals surface area contributed by atoms with Crippen LogP contribution in [0.1, 0.15) is 0 Å². The molecule has 3 nitrogen and oxygen atoms in total. The molecular weight excluding hydrogens is 210 g/mol. The number of rotatable bonds is 4. The van der Waals surface area contributed by atoms with Gasteiger partial charge in [-0.1, -0.05) is 12.2 Å². The van der Waals surface area contributed by atoms with Crippen molar-refractivity contribution in [3.8, 4) is 0 Å². The van der Waals surface area contributed by atoms with E-state index < -0.39 is 0 Å². The minimum Gasteiger partial charge on any atom is -0.399 e. The second kappa shape index (κ2) is 4.95. The normalized spacial score (nSPS) is 14.4. The molecule has 90 valence electrons. The van der Waals surface area contributed by atoms with Crippen molar-refractivity contribution in [3.63, 3.8) is 0 Å². The number of nitrogen functional groups attached to an aromatic ring is 1. The lowest BCUT2D eigenvalue weighted by atomic mass is 10.1. The minimum absolute atomic E-state index is 0.804. The van der Waals surface area contributed by atoms with E-state index in [0.717, 1.165) is 31.9 Å². The molecule has 0 bridgehead atoms. The third kappa shape index (κ3) is 2.28. The van der Waals surface area contributed by atoms with E-state index in [1.807, 2.05) is 24.3 Å². The molecule has 0 aliphatic carbocycles. The highest BCUT2D eigenvalue weighted by atomic mass is 15.3. The molecule has 2 rings (SSSR count). The molecular formula is C14H19N3. The monoisotopic (exact) mass is 229 g/mol. The Balaban J connectivity index is 2.37. The Hall–Kier alpha value is -1.90. The summed E-state index contributed by atoms with van der Waals surface area (Å²) in [4.78, 5) is 4.62. The zero-order chi connectivity index (χ0) is 12.3. The topological polar surface area (TPSA) is 32.5 Å². The molecule has 0 aromatic heterocycles. The Labute approximate surface area is 103 Å². The van der Waals surface area contributed by atoms with E-state index >= 15 is 0 Å². The molecule has 0 saturated carbocycles. The van der Waals surface area contributed by atoms with Crippen LogP contribution >= 0.6 is 0 Å². The lowest BCUT2D eigenvalue weighted by molar-refractivity contribution is 0.751. The van der Waals surface area contributed by atoms with Crippen molar-refractivity contribution in [1.29, 1.82) is 0 Å². The van der Waals surface area contributed by atoms with Gasteiger partial charge in [-0.05, 0) is 18.2 Å². The van der Waals surface area contributed by atoms with Crippen LogP contribution in [0, 0.1) is 0 Å². The van der Waals surface area contributed by atoms with Gasteiger partial charge in [0.15, 0.2) is 0 Å². The first-order valence-electron chi connectivity index (χ1n) is 5.87. The number of benzene rings is 1. The Morgan fingerprint density at radius 3 is 2.24 bits per heavy atom. The van der Waals surface area contributed by atoms with Crippen molar-refractivity contribution in [3.05, 3.63) is 43.5 Å². The number of anilines is 3. The van der Waals surface area contributed by atoms with E-state index in [1.165, 1.54) is 11.4 Å². The number of fused-ring (bicyclic) bond motifs is 1. The van der Waals surface area contributed by atoms with Crippen molar-refractivity contribution in [2.75, 3.05) is 41.7 Å². The third-order valence-corrected chi connectivity index (χ3v) is 3.02. The van der Waals surface area contributed by atoms with Gasteiger partial charge >= 0.3 is 0 Å². The molecule has 1 aromatic carbocycles. The predicted octanol–water partition coefficient (Wildman–Crippen LogP) is 2.27. The van der Waals surface area contributed by atoms with Crippen LogP contribution in [0.2, 0.25) is 0 Å². The van der Waals surface area contributed by atoms with Crippen molar-refractivity contribution in [2.45, 2.75) is 0 Å². The first-order valence-corrected chi connectivity index (χ1v) is 5.87. The van der Waals surface area contributed by atoms with Crippen LogP contribution in [-0.2, 0) is 0 Å². The molecule has 0 saturated heterocycles. The summed E-state index contributed by atoms with van der Waals surface area (Å²) in [5.41, 5.74) is 9.09. The van der Waals surface area contributed by atoms with Crippen LogP contribution in [-0.4, -0.2) is 26.2 Å². The fourth-order valence-electron chi connectivity index (χ4n) is 2.23. The molecule has 17 heavy (non-hydrogen) atoms. The van der Waals surface area contributed by atoms with Gasteiger partial charge in [0, 0.05) is 31.9 Å². The fraction of sp³-hybridized carbons (Fsp3) is 0.286. The molecule has 1 aliphatic heterocycles. The Bertz CT molecular complexity index is 425. The van der Waals surface area contributed by atoms with E-state index in [2.05, 4.69) is 29.0 Å². The van der Waals surface area contributed by atoms with Crippen LogP contribution in [0.15, 0.2) is 43.5 Å². The summed E-state index contributed by atoms with van der Waals surface area (Å²) in [6, 6.07) is 6.07. The van der Waals surface area contributed by atoms with E-state index in [1.54, 1.807) is 0 Å². The predicted molar refractivity (Wildman–Crippen MR) is 75.7 cm³/mol. The highest BCUT2D eigenvalue weighted by Crippen LogP contribution is 2.34. The molecule has 0 fully saturated rings. The van der Waals surface area contributed by atoms with Gasteiger partial charge in [0.1, 0.15) is 0 Å². The van der Waals surface area contributed by atoms with Gasteiger partial charge < -0.3 is 15.5 Å². The van der Waals surface area contributed by atoms with E-state index in [4.69, 9.17) is 5.73 Å². The van der Waals surface area contributed by atoms with Crippen LogP contribution in [0.5, 0.6) is 0 Å². The Kier molecular flexibility index (Phi) is 3.38. The zero-order valence-corrected chi connectivity index (χ0v) is 10.1. The Morgan fingerprint density at radius 2 is 1.65 bits per heavy atom. The van der Waals surface area contributed by atoms with Crippen molar-refractivity contribution in [2.24, 2.45) is 0 Å². The van der Waals surface area contributed by atoms with Crippen molar-refractivity contribution >= 4 is 17.1 Å². The molecule has 1 heterocycles. The summed E-state index contributed by atoms with van der Waals surface area (Å²) in [6.45, 7) is 11.3. The number of hydrogen-bond acceptors (Lipinski definition) is 3.